The zero-order valence-corrected chi connectivity index (χ0v) is 20.9. The van der Waals surface area contributed by atoms with Crippen molar-refractivity contribution in [2.45, 2.75) is 26.4 Å². The number of piperazine rings is 1. The smallest absolute Gasteiger partial charge is 0.410 e. The zero-order valence-electron chi connectivity index (χ0n) is 20.9. The number of fused-ring (bicyclic) bond motifs is 1. The van der Waals surface area contributed by atoms with Gasteiger partial charge in [-0.25, -0.2) is 14.3 Å². The van der Waals surface area contributed by atoms with Gasteiger partial charge in [0.2, 0.25) is 0 Å². The molecule has 2 N–H and O–H groups in total. The van der Waals surface area contributed by atoms with Crippen molar-refractivity contribution in [2.24, 2.45) is 0 Å². The maximum Gasteiger partial charge on any atom is 0.410 e. The molecule has 4 heterocycles. The first-order valence-corrected chi connectivity index (χ1v) is 11.7. The number of hydrogen-bond acceptors (Lipinski definition) is 8. The van der Waals surface area contributed by atoms with E-state index in [-0.39, 0.29) is 6.09 Å². The van der Waals surface area contributed by atoms with Crippen LogP contribution < -0.4 is 10.2 Å². The number of amides is 1. The monoisotopic (exact) mass is 486 g/mol. The number of allylic oxidation sites excluding steroid dienone is 1. The van der Waals surface area contributed by atoms with Gasteiger partial charge in [0.05, 0.1) is 17.3 Å². The summed E-state index contributed by atoms with van der Waals surface area (Å²) in [5.41, 5.74) is 3.75. The van der Waals surface area contributed by atoms with Crippen molar-refractivity contribution in [2.75, 3.05) is 38.1 Å². The molecule has 1 fully saturated rings. The Morgan fingerprint density at radius 1 is 1.22 bits per heavy atom. The highest BCUT2D eigenvalue weighted by molar-refractivity contribution is 6.08. The number of aromatic nitrogens is 3. The third-order valence-corrected chi connectivity index (χ3v) is 5.84. The highest BCUT2D eigenvalue weighted by Crippen LogP contribution is 2.30. The Morgan fingerprint density at radius 2 is 1.97 bits per heavy atom. The van der Waals surface area contributed by atoms with Gasteiger partial charge in [-0.15, -0.1) is 0 Å². The second-order valence-electron chi connectivity index (χ2n) is 9.50. The van der Waals surface area contributed by atoms with Crippen molar-refractivity contribution in [1.29, 1.82) is 10.7 Å². The van der Waals surface area contributed by atoms with Crippen molar-refractivity contribution in [1.82, 2.24) is 24.8 Å². The van der Waals surface area contributed by atoms with Gasteiger partial charge in [-0.1, -0.05) is 0 Å². The van der Waals surface area contributed by atoms with Crippen molar-refractivity contribution in [3.05, 3.63) is 54.1 Å². The molecule has 10 heteroatoms. The fourth-order valence-corrected chi connectivity index (χ4v) is 4.12. The Kier molecular flexibility index (Phi) is 6.92. The molecule has 1 aliphatic heterocycles. The summed E-state index contributed by atoms with van der Waals surface area (Å²) in [7, 11) is 1.78. The number of ether oxygens (including phenoxy) is 1. The van der Waals surface area contributed by atoms with E-state index >= 15 is 0 Å². The summed E-state index contributed by atoms with van der Waals surface area (Å²) in [4.78, 5) is 20.9. The van der Waals surface area contributed by atoms with E-state index in [4.69, 9.17) is 15.1 Å². The first-order chi connectivity index (χ1) is 17.2. The van der Waals surface area contributed by atoms with Crippen LogP contribution in [0.25, 0.3) is 22.2 Å². The van der Waals surface area contributed by atoms with Crippen LogP contribution in [0.3, 0.4) is 0 Å². The summed E-state index contributed by atoms with van der Waals surface area (Å²) in [6.07, 6.45) is 7.86. The second-order valence-corrected chi connectivity index (χ2v) is 9.50. The minimum Gasteiger partial charge on any atom is -0.444 e. The molecular weight excluding hydrogens is 456 g/mol. The van der Waals surface area contributed by atoms with Crippen LogP contribution in [0, 0.1) is 16.7 Å². The fourth-order valence-electron chi connectivity index (χ4n) is 4.12. The Bertz CT molecular complexity index is 1340. The second kappa shape index (κ2) is 10.1. The van der Waals surface area contributed by atoms with E-state index in [0.717, 1.165) is 22.5 Å². The summed E-state index contributed by atoms with van der Waals surface area (Å²) >= 11 is 0. The normalized spacial score (nSPS) is 14.5. The lowest BCUT2D eigenvalue weighted by molar-refractivity contribution is 0.0240. The Morgan fingerprint density at radius 3 is 2.56 bits per heavy atom. The van der Waals surface area contributed by atoms with E-state index in [9.17, 15) is 10.1 Å². The molecule has 0 aromatic carbocycles. The van der Waals surface area contributed by atoms with Gasteiger partial charge in [-0.05, 0) is 39.0 Å². The number of pyridine rings is 2. The molecule has 0 saturated carbocycles. The van der Waals surface area contributed by atoms with Crippen LogP contribution in [0.5, 0.6) is 0 Å². The molecule has 1 aliphatic rings. The molecule has 4 rings (SSSR count). The molecular formula is C26H30N8O2. The fraction of sp³-hybridized carbons (Fsp3) is 0.346. The van der Waals surface area contributed by atoms with Gasteiger partial charge in [0.15, 0.2) is 0 Å². The molecule has 0 bridgehead atoms. The number of hydrogen-bond donors (Lipinski definition) is 2. The van der Waals surface area contributed by atoms with E-state index in [1.54, 1.807) is 41.3 Å². The SMILES string of the molecule is CN/C=C(\C=N)c1cc(-c2ccc(N3CCN(C(=O)OC(C)(C)C)CC3)nc2)c2c(C#N)cnn2c1. The Hall–Kier alpha value is -4.39. The topological polar surface area (TPSA) is 123 Å². The lowest BCUT2D eigenvalue weighted by Gasteiger charge is -2.36. The van der Waals surface area contributed by atoms with E-state index in [1.165, 1.54) is 6.21 Å². The van der Waals surface area contributed by atoms with Crippen LogP contribution in [-0.2, 0) is 4.74 Å². The molecule has 0 unspecified atom stereocenters. The highest BCUT2D eigenvalue weighted by atomic mass is 16.6. The molecule has 186 valence electrons. The van der Waals surface area contributed by atoms with E-state index in [2.05, 4.69) is 21.4 Å². The Balaban J connectivity index is 1.59. The minimum atomic E-state index is -0.516. The van der Waals surface area contributed by atoms with E-state index < -0.39 is 5.60 Å². The molecule has 0 atom stereocenters. The first-order valence-electron chi connectivity index (χ1n) is 11.7. The number of carbonyl (C=O) groups is 1. The third-order valence-electron chi connectivity index (χ3n) is 5.84. The maximum atomic E-state index is 12.4. The van der Waals surface area contributed by atoms with Crippen LogP contribution in [0.4, 0.5) is 10.6 Å². The lowest BCUT2D eigenvalue weighted by Crippen LogP contribution is -2.50. The number of nitriles is 1. The standard InChI is InChI=1S/C26H30N8O2/c1-26(2,3)36-25(35)33-9-7-32(8-10-33)23-6-5-18(15-30-23)22-11-19(20(12-27)14-29-4)17-34-24(22)21(13-28)16-31-34/h5-6,11-12,14-17,27,29H,7-10H2,1-4H3/b20-14+,27-12?. The zero-order chi connectivity index (χ0) is 25.9. The molecule has 0 aliphatic carbocycles. The molecule has 1 saturated heterocycles. The van der Waals surface area contributed by atoms with Crippen molar-refractivity contribution in [3.63, 3.8) is 0 Å². The summed E-state index contributed by atoms with van der Waals surface area (Å²) in [6, 6.07) is 8.08. The number of carbonyl (C=O) groups excluding carboxylic acids is 1. The van der Waals surface area contributed by atoms with Crippen molar-refractivity contribution in [3.8, 4) is 17.2 Å². The summed E-state index contributed by atoms with van der Waals surface area (Å²) in [5, 5.41) is 24.7. The predicted molar refractivity (Wildman–Crippen MR) is 139 cm³/mol. The predicted octanol–water partition coefficient (Wildman–Crippen LogP) is 3.53. The minimum absolute atomic E-state index is 0.292. The average Bonchev–Trinajstić information content (AvgIpc) is 3.29. The van der Waals surface area contributed by atoms with Crippen LogP contribution in [0.15, 0.2) is 43.0 Å². The molecule has 3 aromatic heterocycles. The summed E-state index contributed by atoms with van der Waals surface area (Å²) in [6.45, 7) is 8.03. The maximum absolute atomic E-state index is 12.4. The molecule has 0 radical (unpaired) electrons. The molecule has 3 aromatic rings. The van der Waals surface area contributed by atoms with Gasteiger partial charge in [-0.3, -0.25) is 0 Å². The third kappa shape index (κ3) is 5.15. The molecule has 0 spiro atoms. The largest absolute Gasteiger partial charge is 0.444 e. The number of rotatable bonds is 5. The Labute approximate surface area is 210 Å². The molecule has 1 amide bonds. The van der Waals surface area contributed by atoms with Crippen LogP contribution in [0.1, 0.15) is 31.9 Å². The van der Waals surface area contributed by atoms with Gasteiger partial charge in [-0.2, -0.15) is 10.4 Å². The number of anilines is 1. The number of nitrogens with zero attached hydrogens (tertiary/aromatic N) is 6. The quantitative estimate of drug-likeness (QED) is 0.529. The summed E-state index contributed by atoms with van der Waals surface area (Å²) in [5.74, 6) is 0.819. The van der Waals surface area contributed by atoms with E-state index in [1.807, 2.05) is 39.0 Å². The molecule has 36 heavy (non-hydrogen) atoms. The summed E-state index contributed by atoms with van der Waals surface area (Å²) < 4.78 is 7.15. The van der Waals surface area contributed by atoms with Crippen molar-refractivity contribution >= 4 is 29.2 Å². The average molecular weight is 487 g/mol. The van der Waals surface area contributed by atoms with Gasteiger partial charge >= 0.3 is 6.09 Å². The lowest BCUT2D eigenvalue weighted by atomic mass is 10.0. The van der Waals surface area contributed by atoms with Crippen molar-refractivity contribution < 1.29 is 9.53 Å². The van der Waals surface area contributed by atoms with Gasteiger partial charge < -0.3 is 25.3 Å². The van der Waals surface area contributed by atoms with E-state index in [0.29, 0.717) is 42.8 Å². The van der Waals surface area contributed by atoms with Gasteiger partial charge in [0, 0.05) is 80.3 Å². The van der Waals surface area contributed by atoms with Crippen LogP contribution in [0.2, 0.25) is 0 Å². The number of nitrogens with one attached hydrogen (secondary N) is 2. The van der Waals surface area contributed by atoms with Gasteiger partial charge in [0.1, 0.15) is 17.5 Å². The first kappa shape index (κ1) is 24.7. The highest BCUT2D eigenvalue weighted by Gasteiger charge is 2.26. The van der Waals surface area contributed by atoms with Gasteiger partial charge in [0.25, 0.3) is 0 Å². The molecule has 10 nitrogen and oxygen atoms in total. The van der Waals surface area contributed by atoms with Crippen LogP contribution in [-0.4, -0.2) is 70.6 Å². The van der Waals surface area contributed by atoms with Crippen LogP contribution >= 0.6 is 0 Å².